The minimum Gasteiger partial charge on any atom is -0.496 e. The SMILES string of the molecule is COc1ccccc1/C=C/C(=O)NC(=S)Nc1ccc(OC(C)C)cc1. The number of hydrogen-bond donors (Lipinski definition) is 2. The molecule has 2 rings (SSSR count). The molecule has 0 saturated heterocycles. The Hall–Kier alpha value is -2.86. The van der Waals surface area contributed by atoms with Crippen LogP contribution < -0.4 is 20.1 Å². The first-order valence-electron chi connectivity index (χ1n) is 8.17. The summed E-state index contributed by atoms with van der Waals surface area (Å²) in [4.78, 5) is 12.0. The van der Waals surface area contributed by atoms with Gasteiger partial charge in [-0.25, -0.2) is 0 Å². The number of rotatable bonds is 6. The highest BCUT2D eigenvalue weighted by Crippen LogP contribution is 2.18. The van der Waals surface area contributed by atoms with E-state index in [-0.39, 0.29) is 17.1 Å². The number of thiocarbonyl (C=S) groups is 1. The molecule has 2 aromatic rings. The monoisotopic (exact) mass is 370 g/mol. The normalized spacial score (nSPS) is 10.6. The lowest BCUT2D eigenvalue weighted by Crippen LogP contribution is -2.32. The van der Waals surface area contributed by atoms with Crippen LogP contribution in [0.4, 0.5) is 5.69 Å². The standard InChI is InChI=1S/C20H22N2O3S/c1-14(2)25-17-11-9-16(10-12-17)21-20(26)22-19(23)13-8-15-6-4-5-7-18(15)24-3/h4-14H,1-3H3,(H2,21,22,23,26)/b13-8+. The second-order valence-electron chi connectivity index (χ2n) is 5.71. The first-order valence-corrected chi connectivity index (χ1v) is 8.58. The van der Waals surface area contributed by atoms with Gasteiger partial charge in [-0.15, -0.1) is 0 Å². The number of anilines is 1. The van der Waals surface area contributed by atoms with Crippen LogP contribution in [-0.4, -0.2) is 24.2 Å². The molecule has 0 atom stereocenters. The molecule has 0 aliphatic rings. The average Bonchev–Trinajstić information content (AvgIpc) is 2.61. The maximum absolute atomic E-state index is 12.0. The largest absolute Gasteiger partial charge is 0.496 e. The van der Waals surface area contributed by atoms with Crippen LogP contribution in [-0.2, 0) is 4.79 Å². The molecule has 0 aromatic heterocycles. The molecule has 26 heavy (non-hydrogen) atoms. The van der Waals surface area contributed by atoms with Crippen LogP contribution in [0, 0.1) is 0 Å². The highest BCUT2D eigenvalue weighted by atomic mass is 32.1. The number of ether oxygens (including phenoxy) is 2. The number of amides is 1. The van der Waals surface area contributed by atoms with Gasteiger partial charge in [-0.1, -0.05) is 18.2 Å². The van der Waals surface area contributed by atoms with E-state index in [1.54, 1.807) is 13.2 Å². The van der Waals surface area contributed by atoms with Gasteiger partial charge in [0.1, 0.15) is 11.5 Å². The fourth-order valence-electron chi connectivity index (χ4n) is 2.17. The van der Waals surface area contributed by atoms with E-state index in [1.807, 2.05) is 62.4 Å². The van der Waals surface area contributed by atoms with E-state index in [0.717, 1.165) is 17.0 Å². The Balaban J connectivity index is 1.89. The Morgan fingerprint density at radius 1 is 1.12 bits per heavy atom. The van der Waals surface area contributed by atoms with Crippen molar-refractivity contribution in [3.8, 4) is 11.5 Å². The highest BCUT2D eigenvalue weighted by molar-refractivity contribution is 7.80. The Morgan fingerprint density at radius 3 is 2.46 bits per heavy atom. The van der Waals surface area contributed by atoms with E-state index >= 15 is 0 Å². The van der Waals surface area contributed by atoms with Gasteiger partial charge in [0.25, 0.3) is 0 Å². The van der Waals surface area contributed by atoms with Crippen LogP contribution in [0.3, 0.4) is 0 Å². The second kappa shape index (κ2) is 9.58. The first kappa shape index (κ1) is 19.5. The molecule has 0 unspecified atom stereocenters. The number of nitrogens with one attached hydrogen (secondary N) is 2. The predicted octanol–water partition coefficient (Wildman–Crippen LogP) is 4.01. The molecule has 0 spiro atoms. The average molecular weight is 370 g/mol. The molecule has 2 N–H and O–H groups in total. The van der Waals surface area contributed by atoms with Crippen molar-refractivity contribution in [2.75, 3.05) is 12.4 Å². The Kier molecular flexibility index (Phi) is 7.17. The molecule has 5 nitrogen and oxygen atoms in total. The quantitative estimate of drug-likeness (QED) is 0.594. The van der Waals surface area contributed by atoms with Gasteiger partial charge in [0.2, 0.25) is 5.91 Å². The van der Waals surface area contributed by atoms with Crippen LogP contribution in [0.15, 0.2) is 54.6 Å². The van der Waals surface area contributed by atoms with Crippen LogP contribution in [0.2, 0.25) is 0 Å². The summed E-state index contributed by atoms with van der Waals surface area (Å²) < 4.78 is 10.8. The number of benzene rings is 2. The molecule has 0 radical (unpaired) electrons. The zero-order valence-corrected chi connectivity index (χ0v) is 15.8. The fourth-order valence-corrected chi connectivity index (χ4v) is 2.39. The van der Waals surface area contributed by atoms with Gasteiger partial charge in [0.05, 0.1) is 13.2 Å². The summed E-state index contributed by atoms with van der Waals surface area (Å²) in [6.07, 6.45) is 3.20. The van der Waals surface area contributed by atoms with E-state index in [4.69, 9.17) is 21.7 Å². The van der Waals surface area contributed by atoms with Crippen LogP contribution >= 0.6 is 12.2 Å². The summed E-state index contributed by atoms with van der Waals surface area (Å²) in [6, 6.07) is 14.8. The summed E-state index contributed by atoms with van der Waals surface area (Å²) in [5.74, 6) is 1.15. The third-order valence-electron chi connectivity index (χ3n) is 3.27. The second-order valence-corrected chi connectivity index (χ2v) is 6.12. The minimum atomic E-state index is -0.326. The Labute approximate surface area is 159 Å². The smallest absolute Gasteiger partial charge is 0.250 e. The first-order chi connectivity index (χ1) is 12.5. The van der Waals surface area contributed by atoms with Gasteiger partial charge in [-0.3, -0.25) is 10.1 Å². The van der Waals surface area contributed by atoms with Gasteiger partial charge in [-0.2, -0.15) is 0 Å². The predicted molar refractivity (Wildman–Crippen MR) is 109 cm³/mol. The van der Waals surface area contributed by atoms with Crippen molar-refractivity contribution >= 4 is 35.0 Å². The molecule has 1 amide bonds. The molecule has 0 heterocycles. The van der Waals surface area contributed by atoms with Gasteiger partial charge < -0.3 is 14.8 Å². The number of para-hydroxylation sites is 1. The number of carbonyl (C=O) groups is 1. The number of carbonyl (C=O) groups excluding carboxylic acids is 1. The van der Waals surface area contributed by atoms with Crippen LogP contribution in [0.5, 0.6) is 11.5 Å². The molecule has 0 aliphatic heterocycles. The van der Waals surface area contributed by atoms with E-state index < -0.39 is 0 Å². The zero-order valence-electron chi connectivity index (χ0n) is 15.0. The summed E-state index contributed by atoms with van der Waals surface area (Å²) in [6.45, 7) is 3.94. The van der Waals surface area contributed by atoms with Crippen molar-refractivity contribution in [1.29, 1.82) is 0 Å². The van der Waals surface area contributed by atoms with E-state index in [2.05, 4.69) is 10.6 Å². The fraction of sp³-hybridized carbons (Fsp3) is 0.200. The van der Waals surface area contributed by atoms with Crippen molar-refractivity contribution in [3.05, 3.63) is 60.2 Å². The lowest BCUT2D eigenvalue weighted by atomic mass is 10.2. The Bertz CT molecular complexity index is 786. The summed E-state index contributed by atoms with van der Waals surface area (Å²) in [5, 5.41) is 5.78. The van der Waals surface area contributed by atoms with Gasteiger partial charge in [-0.05, 0) is 62.5 Å². The summed E-state index contributed by atoms with van der Waals surface area (Å²) in [7, 11) is 1.59. The molecule has 0 saturated carbocycles. The van der Waals surface area contributed by atoms with Crippen molar-refractivity contribution < 1.29 is 14.3 Å². The van der Waals surface area contributed by atoms with E-state index in [0.29, 0.717) is 5.75 Å². The maximum atomic E-state index is 12.0. The molecular weight excluding hydrogens is 348 g/mol. The third-order valence-corrected chi connectivity index (χ3v) is 3.48. The van der Waals surface area contributed by atoms with Crippen LogP contribution in [0.25, 0.3) is 6.08 Å². The van der Waals surface area contributed by atoms with Crippen molar-refractivity contribution in [2.24, 2.45) is 0 Å². The molecule has 6 heteroatoms. The highest BCUT2D eigenvalue weighted by Gasteiger charge is 2.04. The van der Waals surface area contributed by atoms with E-state index in [1.165, 1.54) is 6.08 Å². The third kappa shape index (κ3) is 6.22. The van der Waals surface area contributed by atoms with Crippen LogP contribution in [0.1, 0.15) is 19.4 Å². The molecule has 136 valence electrons. The Morgan fingerprint density at radius 2 is 1.81 bits per heavy atom. The van der Waals surface area contributed by atoms with Crippen molar-refractivity contribution in [2.45, 2.75) is 20.0 Å². The molecule has 0 fully saturated rings. The number of methoxy groups -OCH3 is 1. The van der Waals surface area contributed by atoms with Crippen molar-refractivity contribution in [1.82, 2.24) is 5.32 Å². The van der Waals surface area contributed by atoms with Gasteiger partial charge in [0.15, 0.2) is 5.11 Å². The summed E-state index contributed by atoms with van der Waals surface area (Å²) in [5.41, 5.74) is 1.57. The molecular formula is C20H22N2O3S. The van der Waals surface area contributed by atoms with Gasteiger partial charge in [0, 0.05) is 17.3 Å². The lowest BCUT2D eigenvalue weighted by Gasteiger charge is -2.11. The topological polar surface area (TPSA) is 59.6 Å². The summed E-state index contributed by atoms with van der Waals surface area (Å²) >= 11 is 5.16. The lowest BCUT2D eigenvalue weighted by molar-refractivity contribution is -0.115. The van der Waals surface area contributed by atoms with E-state index in [9.17, 15) is 4.79 Å². The number of hydrogen-bond acceptors (Lipinski definition) is 4. The van der Waals surface area contributed by atoms with Crippen molar-refractivity contribution in [3.63, 3.8) is 0 Å². The molecule has 2 aromatic carbocycles. The van der Waals surface area contributed by atoms with Gasteiger partial charge >= 0.3 is 0 Å². The maximum Gasteiger partial charge on any atom is 0.250 e. The zero-order chi connectivity index (χ0) is 18.9. The molecule has 0 aliphatic carbocycles. The molecule has 0 bridgehead atoms. The minimum absolute atomic E-state index is 0.115.